The number of nitrogens with two attached hydrogens (primary N) is 1. The van der Waals surface area contributed by atoms with Gasteiger partial charge in [0.05, 0.1) is 12.1 Å². The van der Waals surface area contributed by atoms with Gasteiger partial charge in [-0.15, -0.1) is 0 Å². The van der Waals surface area contributed by atoms with Gasteiger partial charge in [0, 0.05) is 21.2 Å². The zero-order valence-corrected chi connectivity index (χ0v) is 14.9. The minimum absolute atomic E-state index is 0.151. The molecule has 2 rings (SSSR count). The van der Waals surface area contributed by atoms with E-state index in [-0.39, 0.29) is 4.90 Å². The highest BCUT2D eigenvalue weighted by atomic mass is 79.9. The average molecular weight is 428 g/mol. The van der Waals surface area contributed by atoms with Crippen molar-refractivity contribution in [3.8, 4) is 0 Å². The molecule has 3 N–H and O–H groups in total. The maximum Gasteiger partial charge on any atom is 0.243 e. The van der Waals surface area contributed by atoms with Crippen molar-refractivity contribution in [2.24, 2.45) is 0 Å². The molecule has 0 spiro atoms. The summed E-state index contributed by atoms with van der Waals surface area (Å²) in [5.41, 5.74) is 5.58. The van der Waals surface area contributed by atoms with E-state index < -0.39 is 15.6 Å². The summed E-state index contributed by atoms with van der Waals surface area (Å²) in [5, 5.41) is 0. The molecule has 0 radical (unpaired) electrons. The second-order valence-electron chi connectivity index (χ2n) is 5.14. The number of halogens is 2. The van der Waals surface area contributed by atoms with Crippen LogP contribution in [0.3, 0.4) is 0 Å². The van der Waals surface area contributed by atoms with Gasteiger partial charge in [0.15, 0.2) is 0 Å². The van der Waals surface area contributed by atoms with E-state index >= 15 is 0 Å². The van der Waals surface area contributed by atoms with Crippen LogP contribution >= 0.6 is 31.9 Å². The molecule has 1 unspecified atom stereocenters. The highest BCUT2D eigenvalue weighted by Crippen LogP contribution is 2.33. The summed E-state index contributed by atoms with van der Waals surface area (Å²) in [5.74, 6) is 0. The van der Waals surface area contributed by atoms with Gasteiger partial charge in [0.1, 0.15) is 4.90 Å². The Balaban J connectivity index is 2.36. The molecule has 0 amide bonds. The van der Waals surface area contributed by atoms with Gasteiger partial charge in [-0.3, -0.25) is 0 Å². The number of nitrogen functional groups attached to an aromatic ring is 1. The van der Waals surface area contributed by atoms with E-state index in [0.717, 1.165) is 12.8 Å². The van der Waals surface area contributed by atoms with Crippen molar-refractivity contribution in [2.75, 3.05) is 18.9 Å². The number of hydrogen-bond acceptors (Lipinski definition) is 4. The molecule has 5 nitrogen and oxygen atoms in total. The van der Waals surface area contributed by atoms with Crippen LogP contribution in [0.2, 0.25) is 0 Å². The molecular formula is C12H16Br2N2O3S. The van der Waals surface area contributed by atoms with Gasteiger partial charge < -0.3 is 10.5 Å². The largest absolute Gasteiger partial charge is 0.399 e. The smallest absolute Gasteiger partial charge is 0.243 e. The molecule has 1 fully saturated rings. The second-order valence-corrected chi connectivity index (χ2v) is 8.46. The van der Waals surface area contributed by atoms with E-state index in [1.54, 1.807) is 12.1 Å². The Morgan fingerprint density at radius 3 is 2.45 bits per heavy atom. The van der Waals surface area contributed by atoms with Crippen LogP contribution in [0.5, 0.6) is 0 Å². The summed E-state index contributed by atoms with van der Waals surface area (Å²) in [7, 11) is -3.68. The highest BCUT2D eigenvalue weighted by Gasteiger charge is 2.34. The molecule has 20 heavy (non-hydrogen) atoms. The van der Waals surface area contributed by atoms with Gasteiger partial charge in [-0.05, 0) is 63.8 Å². The summed E-state index contributed by atoms with van der Waals surface area (Å²) in [6.45, 7) is 2.89. The fourth-order valence-electron chi connectivity index (χ4n) is 2.23. The van der Waals surface area contributed by atoms with Gasteiger partial charge in [0.2, 0.25) is 10.0 Å². The minimum Gasteiger partial charge on any atom is -0.399 e. The molecule has 112 valence electrons. The molecule has 0 aromatic heterocycles. The van der Waals surface area contributed by atoms with E-state index in [0.29, 0.717) is 27.8 Å². The van der Waals surface area contributed by atoms with Crippen LogP contribution in [-0.2, 0) is 14.8 Å². The monoisotopic (exact) mass is 426 g/mol. The SMILES string of the molecule is CC1(NS(=O)(=O)c2c(Br)cc(N)cc2Br)CCCOC1. The van der Waals surface area contributed by atoms with Gasteiger partial charge in [-0.2, -0.15) is 0 Å². The van der Waals surface area contributed by atoms with Gasteiger partial charge >= 0.3 is 0 Å². The molecule has 1 aliphatic rings. The standard InChI is InChI=1S/C12H16Br2N2O3S/c1-12(3-2-4-19-7-12)16-20(17,18)11-9(13)5-8(15)6-10(11)14/h5-6,16H,2-4,7,15H2,1H3. The Morgan fingerprint density at radius 2 is 1.95 bits per heavy atom. The Morgan fingerprint density at radius 1 is 1.35 bits per heavy atom. The third kappa shape index (κ3) is 3.54. The van der Waals surface area contributed by atoms with Crippen molar-refractivity contribution in [3.63, 3.8) is 0 Å². The fourth-order valence-corrected chi connectivity index (χ4v) is 6.27. The van der Waals surface area contributed by atoms with Crippen molar-refractivity contribution >= 4 is 47.6 Å². The number of benzene rings is 1. The summed E-state index contributed by atoms with van der Waals surface area (Å²) < 4.78 is 34.1. The number of rotatable bonds is 3. The minimum atomic E-state index is -3.68. The summed E-state index contributed by atoms with van der Waals surface area (Å²) >= 11 is 6.51. The van der Waals surface area contributed by atoms with Gasteiger partial charge in [-0.1, -0.05) is 0 Å². The highest BCUT2D eigenvalue weighted by molar-refractivity contribution is 9.11. The lowest BCUT2D eigenvalue weighted by Gasteiger charge is -2.34. The molecule has 1 saturated heterocycles. The Labute approximate surface area is 135 Å². The summed E-state index contributed by atoms with van der Waals surface area (Å²) in [6, 6.07) is 3.14. The summed E-state index contributed by atoms with van der Waals surface area (Å²) in [6.07, 6.45) is 1.58. The summed E-state index contributed by atoms with van der Waals surface area (Å²) in [4.78, 5) is 0.151. The predicted molar refractivity (Wildman–Crippen MR) is 85.0 cm³/mol. The fraction of sp³-hybridized carbons (Fsp3) is 0.500. The van der Waals surface area contributed by atoms with E-state index in [1.807, 2.05) is 6.92 Å². The first kappa shape index (κ1) is 16.2. The molecule has 1 aliphatic heterocycles. The van der Waals surface area contributed by atoms with Crippen molar-refractivity contribution < 1.29 is 13.2 Å². The third-order valence-electron chi connectivity index (χ3n) is 3.11. The van der Waals surface area contributed by atoms with E-state index in [2.05, 4.69) is 36.6 Å². The number of anilines is 1. The normalized spacial score (nSPS) is 23.8. The topological polar surface area (TPSA) is 81.4 Å². The van der Waals surface area contributed by atoms with E-state index in [1.165, 1.54) is 0 Å². The molecule has 0 bridgehead atoms. The molecule has 0 saturated carbocycles. The van der Waals surface area contributed by atoms with Crippen molar-refractivity contribution in [3.05, 3.63) is 21.1 Å². The van der Waals surface area contributed by atoms with Crippen LogP contribution < -0.4 is 10.5 Å². The Hall–Kier alpha value is -0.150. The first-order valence-corrected chi connectivity index (χ1v) is 9.17. The number of hydrogen-bond donors (Lipinski definition) is 2. The van der Waals surface area contributed by atoms with Crippen LogP contribution in [0.1, 0.15) is 19.8 Å². The second kappa shape index (κ2) is 5.92. The Kier molecular flexibility index (Phi) is 4.80. The van der Waals surface area contributed by atoms with E-state index in [4.69, 9.17) is 10.5 Å². The molecular weight excluding hydrogens is 412 g/mol. The van der Waals surface area contributed by atoms with Crippen LogP contribution in [-0.4, -0.2) is 27.2 Å². The number of nitrogens with one attached hydrogen (secondary N) is 1. The number of sulfonamides is 1. The lowest BCUT2D eigenvalue weighted by atomic mass is 9.97. The molecule has 0 aliphatic carbocycles. The quantitative estimate of drug-likeness (QED) is 0.726. The van der Waals surface area contributed by atoms with Crippen LogP contribution in [0.15, 0.2) is 26.0 Å². The lowest BCUT2D eigenvalue weighted by molar-refractivity contribution is 0.0386. The molecule has 1 aromatic rings. The van der Waals surface area contributed by atoms with Crippen molar-refractivity contribution in [2.45, 2.75) is 30.2 Å². The Bertz CT molecular complexity index is 590. The van der Waals surface area contributed by atoms with E-state index in [9.17, 15) is 8.42 Å². The molecule has 1 aromatic carbocycles. The van der Waals surface area contributed by atoms with Gasteiger partial charge in [-0.25, -0.2) is 13.1 Å². The molecule has 1 heterocycles. The maximum atomic E-state index is 12.6. The molecule has 8 heteroatoms. The van der Waals surface area contributed by atoms with Crippen molar-refractivity contribution in [1.82, 2.24) is 4.72 Å². The third-order valence-corrected chi connectivity index (χ3v) is 6.62. The van der Waals surface area contributed by atoms with Crippen LogP contribution in [0, 0.1) is 0 Å². The first-order valence-electron chi connectivity index (χ1n) is 6.10. The number of ether oxygens (including phenoxy) is 1. The zero-order valence-electron chi connectivity index (χ0n) is 10.9. The van der Waals surface area contributed by atoms with Crippen molar-refractivity contribution in [1.29, 1.82) is 0 Å². The maximum absolute atomic E-state index is 12.6. The lowest BCUT2D eigenvalue weighted by Crippen LogP contribution is -2.51. The first-order chi connectivity index (χ1) is 9.23. The average Bonchev–Trinajstić information content (AvgIpc) is 2.25. The van der Waals surface area contributed by atoms with Crippen LogP contribution in [0.4, 0.5) is 5.69 Å². The molecule has 1 atom stereocenters. The van der Waals surface area contributed by atoms with Gasteiger partial charge in [0.25, 0.3) is 0 Å². The zero-order chi connectivity index (χ0) is 15.0. The van der Waals surface area contributed by atoms with Crippen LogP contribution in [0.25, 0.3) is 0 Å². The predicted octanol–water partition coefficient (Wildman–Crippen LogP) is 2.64.